The number of amides is 1. The van der Waals surface area contributed by atoms with Crippen LogP contribution in [0.2, 0.25) is 0 Å². The molecule has 1 aliphatic rings. The van der Waals surface area contributed by atoms with Crippen LogP contribution in [0.4, 0.5) is 0 Å². The molecule has 0 radical (unpaired) electrons. The molecule has 172 valence electrons. The van der Waals surface area contributed by atoms with Gasteiger partial charge >= 0.3 is 0 Å². The van der Waals surface area contributed by atoms with Crippen LogP contribution in [0, 0.1) is 25.2 Å². The van der Waals surface area contributed by atoms with E-state index in [2.05, 4.69) is 16.8 Å². The van der Waals surface area contributed by atoms with E-state index in [0.29, 0.717) is 39.0 Å². The van der Waals surface area contributed by atoms with Gasteiger partial charge in [0.1, 0.15) is 11.6 Å². The zero-order valence-corrected chi connectivity index (χ0v) is 20.0. The van der Waals surface area contributed by atoms with Crippen LogP contribution in [0.25, 0.3) is 6.08 Å². The summed E-state index contributed by atoms with van der Waals surface area (Å²) in [5.74, 6) is -0.278. The monoisotopic (exact) mass is 450 g/mol. The maximum Gasteiger partial charge on any atom is 0.262 e. The predicted molar refractivity (Wildman–Crippen MR) is 121 cm³/mol. The number of carbonyl (C=O) groups is 1. The van der Waals surface area contributed by atoms with Gasteiger partial charge in [0.2, 0.25) is 10.0 Å². The van der Waals surface area contributed by atoms with Gasteiger partial charge in [0, 0.05) is 37.6 Å². The molecule has 1 aromatic rings. The Morgan fingerprint density at radius 2 is 2.03 bits per heavy atom. The van der Waals surface area contributed by atoms with Crippen LogP contribution in [0.1, 0.15) is 56.1 Å². The molecule has 2 rings (SSSR count). The average molecular weight is 451 g/mol. The zero-order chi connectivity index (χ0) is 23.2. The molecule has 1 aliphatic heterocycles. The lowest BCUT2D eigenvalue weighted by Crippen LogP contribution is -2.47. The molecule has 1 saturated heterocycles. The predicted octanol–water partition coefficient (Wildman–Crippen LogP) is 2.54. The lowest BCUT2D eigenvalue weighted by atomic mass is 10.1. The molecule has 1 atom stereocenters. The fraction of sp³-hybridized carbons (Fsp3) is 0.636. The van der Waals surface area contributed by atoms with Crippen molar-refractivity contribution in [1.29, 1.82) is 5.26 Å². The van der Waals surface area contributed by atoms with Crippen LogP contribution in [0.5, 0.6) is 0 Å². The number of nitriles is 1. The van der Waals surface area contributed by atoms with Crippen molar-refractivity contribution in [3.05, 3.63) is 28.6 Å². The second-order valence-corrected chi connectivity index (χ2v) is 10.2. The lowest BCUT2D eigenvalue weighted by Gasteiger charge is -2.31. The average Bonchev–Trinajstić information content (AvgIpc) is 2.99. The smallest absolute Gasteiger partial charge is 0.262 e. The highest BCUT2D eigenvalue weighted by Gasteiger charge is 2.28. The topological polar surface area (TPSA) is 104 Å². The summed E-state index contributed by atoms with van der Waals surface area (Å²) >= 11 is 0. The number of aryl methyl sites for hydroxylation is 1. The molecule has 0 saturated carbocycles. The molecule has 9 heteroatoms. The summed E-state index contributed by atoms with van der Waals surface area (Å²) < 4.78 is 33.3. The number of sulfonamides is 1. The number of nitrogens with one attached hydrogen (secondary N) is 1. The number of hydrogen-bond donors (Lipinski definition) is 1. The maximum atomic E-state index is 12.7. The van der Waals surface area contributed by atoms with Crippen LogP contribution in [0.3, 0.4) is 0 Å². The van der Waals surface area contributed by atoms with E-state index in [0.717, 1.165) is 17.0 Å². The fourth-order valence-corrected chi connectivity index (χ4v) is 5.72. The molecule has 8 nitrogen and oxygen atoms in total. The molecule has 1 fully saturated rings. The molecule has 0 aromatic carbocycles. The first kappa shape index (κ1) is 25.1. The quantitative estimate of drug-likeness (QED) is 0.460. The van der Waals surface area contributed by atoms with Crippen molar-refractivity contribution < 1.29 is 17.9 Å². The van der Waals surface area contributed by atoms with E-state index >= 15 is 0 Å². The number of rotatable bonds is 9. The van der Waals surface area contributed by atoms with Crippen molar-refractivity contribution in [3.8, 4) is 6.07 Å². The number of hydrogen-bond acceptors (Lipinski definition) is 5. The largest absolute Gasteiger partial charge is 0.383 e. The standard InChI is InChI=1S/C22H34N4O4S/c1-6-11-31(28,29)25-9-7-21(8-10-25)24-22(27)20(14-23)13-19-12-16(2)26(18(19)4)17(3)15-30-5/h12-13,17,21H,6-11,15H2,1-5H3,(H,24,27)/b20-13-. The van der Waals surface area contributed by atoms with Crippen LogP contribution < -0.4 is 5.32 Å². The molecule has 2 heterocycles. The van der Waals surface area contributed by atoms with Crippen LogP contribution in [-0.4, -0.2) is 61.8 Å². The lowest BCUT2D eigenvalue weighted by molar-refractivity contribution is -0.117. The van der Waals surface area contributed by atoms with Crippen molar-refractivity contribution in [3.63, 3.8) is 0 Å². The molecule has 1 amide bonds. The third kappa shape index (κ3) is 6.19. The van der Waals surface area contributed by atoms with Gasteiger partial charge in [0.15, 0.2) is 0 Å². The Bertz CT molecular complexity index is 951. The second-order valence-electron chi connectivity index (χ2n) is 8.13. The minimum Gasteiger partial charge on any atom is -0.383 e. The Kier molecular flexibility index (Phi) is 8.86. The van der Waals surface area contributed by atoms with E-state index in [1.807, 2.05) is 32.9 Å². The summed E-state index contributed by atoms with van der Waals surface area (Å²) in [6.07, 6.45) is 3.28. The second kappa shape index (κ2) is 10.9. The van der Waals surface area contributed by atoms with E-state index in [-0.39, 0.29) is 23.4 Å². The molecule has 1 unspecified atom stereocenters. The highest BCUT2D eigenvalue weighted by molar-refractivity contribution is 7.89. The van der Waals surface area contributed by atoms with Gasteiger partial charge in [-0.15, -0.1) is 0 Å². The number of ether oxygens (including phenoxy) is 1. The Balaban J connectivity index is 2.08. The zero-order valence-electron chi connectivity index (χ0n) is 19.1. The van der Waals surface area contributed by atoms with Crippen molar-refractivity contribution in [1.82, 2.24) is 14.2 Å². The van der Waals surface area contributed by atoms with Gasteiger partial charge in [0.25, 0.3) is 5.91 Å². The number of methoxy groups -OCH3 is 1. The fourth-order valence-electron chi connectivity index (χ4n) is 4.18. The first-order valence-electron chi connectivity index (χ1n) is 10.7. The highest BCUT2D eigenvalue weighted by Crippen LogP contribution is 2.23. The summed E-state index contributed by atoms with van der Waals surface area (Å²) in [6, 6.07) is 3.96. The maximum absolute atomic E-state index is 12.7. The minimum atomic E-state index is -3.22. The van der Waals surface area contributed by atoms with Crippen LogP contribution in [-0.2, 0) is 19.6 Å². The molecule has 31 heavy (non-hydrogen) atoms. The van der Waals surface area contributed by atoms with E-state index in [1.54, 1.807) is 13.2 Å². The number of aromatic nitrogens is 1. The molecule has 0 bridgehead atoms. The van der Waals surface area contributed by atoms with Gasteiger partial charge in [-0.05, 0) is 57.7 Å². The van der Waals surface area contributed by atoms with E-state index in [9.17, 15) is 18.5 Å². The molecule has 1 aromatic heterocycles. The number of nitrogens with zero attached hydrogens (tertiary/aromatic N) is 3. The Labute approximate surface area is 185 Å². The van der Waals surface area contributed by atoms with Crippen molar-refractivity contribution in [2.24, 2.45) is 0 Å². The van der Waals surface area contributed by atoms with Crippen molar-refractivity contribution in [2.75, 3.05) is 32.6 Å². The highest BCUT2D eigenvalue weighted by atomic mass is 32.2. The van der Waals surface area contributed by atoms with E-state index in [1.165, 1.54) is 4.31 Å². The molecule has 1 N–H and O–H groups in total. The van der Waals surface area contributed by atoms with Crippen molar-refractivity contribution in [2.45, 2.75) is 59.0 Å². The van der Waals surface area contributed by atoms with Gasteiger partial charge in [-0.3, -0.25) is 4.79 Å². The number of piperidine rings is 1. The van der Waals surface area contributed by atoms with Gasteiger partial charge in [-0.1, -0.05) is 6.92 Å². The molecule has 0 aliphatic carbocycles. The third-order valence-corrected chi connectivity index (χ3v) is 7.76. The summed E-state index contributed by atoms with van der Waals surface area (Å²) in [4.78, 5) is 12.7. The van der Waals surface area contributed by atoms with E-state index < -0.39 is 15.9 Å². The Hall–Kier alpha value is -2.15. The van der Waals surface area contributed by atoms with Gasteiger partial charge in [0.05, 0.1) is 18.4 Å². The summed E-state index contributed by atoms with van der Waals surface area (Å²) in [7, 11) is -1.56. The van der Waals surface area contributed by atoms with Gasteiger partial charge < -0.3 is 14.6 Å². The summed E-state index contributed by atoms with van der Waals surface area (Å²) in [6.45, 7) is 9.19. The molecule has 0 spiro atoms. The first-order valence-corrected chi connectivity index (χ1v) is 12.3. The van der Waals surface area contributed by atoms with Gasteiger partial charge in [-0.25, -0.2) is 12.7 Å². The van der Waals surface area contributed by atoms with Crippen molar-refractivity contribution >= 4 is 22.0 Å². The Morgan fingerprint density at radius 1 is 1.39 bits per heavy atom. The minimum absolute atomic E-state index is 0.0423. The molecular weight excluding hydrogens is 416 g/mol. The Morgan fingerprint density at radius 3 is 2.58 bits per heavy atom. The van der Waals surface area contributed by atoms with Crippen LogP contribution in [0.15, 0.2) is 11.6 Å². The molecular formula is C22H34N4O4S. The first-order chi connectivity index (χ1) is 14.6. The third-order valence-electron chi connectivity index (χ3n) is 5.68. The van der Waals surface area contributed by atoms with Crippen LogP contribution >= 0.6 is 0 Å². The SMILES string of the molecule is CCCS(=O)(=O)N1CCC(NC(=O)/C(C#N)=C\c2cc(C)n(C(C)COC)c2C)CC1. The van der Waals surface area contributed by atoms with E-state index in [4.69, 9.17) is 4.74 Å². The normalized spacial score (nSPS) is 17.4. The summed E-state index contributed by atoms with van der Waals surface area (Å²) in [5.41, 5.74) is 2.87. The van der Waals surface area contributed by atoms with Gasteiger partial charge in [-0.2, -0.15) is 5.26 Å². The number of carbonyl (C=O) groups excluding carboxylic acids is 1. The summed E-state index contributed by atoms with van der Waals surface area (Å²) in [5, 5.41) is 12.5.